The maximum absolute atomic E-state index is 10.8. The zero-order chi connectivity index (χ0) is 12.7. The van der Waals surface area contributed by atoms with Crippen molar-refractivity contribution < 1.29 is 14.3 Å². The van der Waals surface area contributed by atoms with Gasteiger partial charge in [-0.15, -0.1) is 11.6 Å². The van der Waals surface area contributed by atoms with Crippen molar-refractivity contribution in [1.82, 2.24) is 0 Å². The average molecular weight is 253 g/mol. The molecule has 0 amide bonds. The second-order valence-corrected chi connectivity index (χ2v) is 3.54. The number of hydrogen-bond acceptors (Lipinski definition) is 3. The summed E-state index contributed by atoms with van der Waals surface area (Å²) in [6.07, 6.45) is 1.33. The molecule has 3 nitrogen and oxygen atoms in total. The van der Waals surface area contributed by atoms with Crippen LogP contribution in [-0.2, 0) is 0 Å². The molecule has 0 heterocycles. The van der Waals surface area contributed by atoms with E-state index in [4.69, 9.17) is 21.1 Å². The number of methoxy groups -OCH3 is 2. The Labute approximate surface area is 106 Å². The fraction of sp³-hybridized carbons (Fsp3) is 0.308. The molecule has 0 aliphatic heterocycles. The largest absolute Gasteiger partial charge is 0.493 e. The van der Waals surface area contributed by atoms with Crippen LogP contribution in [0.2, 0.25) is 0 Å². The number of rotatable bonds is 4. The molecule has 0 N–H and O–H groups in total. The minimum absolute atomic E-state index is 0.472. The minimum Gasteiger partial charge on any atom is -0.493 e. The first kappa shape index (κ1) is 13.4. The van der Waals surface area contributed by atoms with Crippen molar-refractivity contribution in [2.45, 2.75) is 6.42 Å². The number of aldehydes is 1. The summed E-state index contributed by atoms with van der Waals surface area (Å²) in [5.41, 5.74) is 1.12. The Balaban J connectivity index is 3.25. The zero-order valence-electron chi connectivity index (χ0n) is 9.75. The molecular weight excluding hydrogens is 240 g/mol. The van der Waals surface area contributed by atoms with Crippen molar-refractivity contribution in [3.05, 3.63) is 23.3 Å². The molecule has 1 aromatic rings. The van der Waals surface area contributed by atoms with Gasteiger partial charge in [-0.3, -0.25) is 4.79 Å². The lowest BCUT2D eigenvalue weighted by atomic mass is 10.1. The quantitative estimate of drug-likeness (QED) is 0.469. The maximum Gasteiger partial charge on any atom is 0.176 e. The van der Waals surface area contributed by atoms with Gasteiger partial charge in [0.05, 0.1) is 19.8 Å². The van der Waals surface area contributed by atoms with E-state index in [-0.39, 0.29) is 0 Å². The summed E-state index contributed by atoms with van der Waals surface area (Å²) >= 11 is 5.54. The van der Waals surface area contributed by atoms with Gasteiger partial charge in [-0.25, -0.2) is 0 Å². The Morgan fingerprint density at radius 2 is 2.12 bits per heavy atom. The van der Waals surface area contributed by atoms with Gasteiger partial charge in [0.25, 0.3) is 0 Å². The molecule has 0 aliphatic carbocycles. The van der Waals surface area contributed by atoms with Crippen LogP contribution in [0.1, 0.15) is 22.3 Å². The molecule has 90 valence electrons. The normalized spacial score (nSPS) is 9.12. The van der Waals surface area contributed by atoms with Crippen molar-refractivity contribution in [3.8, 4) is 23.3 Å². The molecule has 0 aromatic heterocycles. The number of alkyl halides is 1. The van der Waals surface area contributed by atoms with E-state index in [0.717, 1.165) is 6.29 Å². The van der Waals surface area contributed by atoms with Gasteiger partial charge >= 0.3 is 0 Å². The average Bonchev–Trinajstić information content (AvgIpc) is 2.37. The number of benzene rings is 1. The Morgan fingerprint density at radius 1 is 1.35 bits per heavy atom. The highest BCUT2D eigenvalue weighted by Gasteiger charge is 2.10. The summed E-state index contributed by atoms with van der Waals surface area (Å²) in [7, 11) is 3.05. The molecule has 0 spiro atoms. The Hall–Kier alpha value is -1.66. The van der Waals surface area contributed by atoms with Crippen molar-refractivity contribution >= 4 is 17.9 Å². The SMILES string of the molecule is COc1cc(C=O)cc(C#CCCCl)c1OC. The van der Waals surface area contributed by atoms with E-state index >= 15 is 0 Å². The molecule has 0 saturated carbocycles. The van der Waals surface area contributed by atoms with Crippen LogP contribution < -0.4 is 9.47 Å². The van der Waals surface area contributed by atoms with Crippen molar-refractivity contribution in [2.75, 3.05) is 20.1 Å². The summed E-state index contributed by atoms with van der Waals surface area (Å²) < 4.78 is 10.4. The highest BCUT2D eigenvalue weighted by Crippen LogP contribution is 2.31. The highest BCUT2D eigenvalue weighted by molar-refractivity contribution is 6.18. The molecule has 0 atom stereocenters. The lowest BCUT2D eigenvalue weighted by molar-refractivity contribution is 0.112. The number of carbonyl (C=O) groups excluding carboxylic acids is 1. The van der Waals surface area contributed by atoms with E-state index in [1.54, 1.807) is 12.1 Å². The topological polar surface area (TPSA) is 35.5 Å². The molecule has 0 bridgehead atoms. The van der Waals surface area contributed by atoms with Crippen molar-refractivity contribution in [2.24, 2.45) is 0 Å². The van der Waals surface area contributed by atoms with E-state index in [9.17, 15) is 4.79 Å². The third kappa shape index (κ3) is 3.40. The first-order valence-electron chi connectivity index (χ1n) is 5.02. The van der Waals surface area contributed by atoms with Crippen molar-refractivity contribution in [3.63, 3.8) is 0 Å². The van der Waals surface area contributed by atoms with E-state index in [1.165, 1.54) is 14.2 Å². The van der Waals surface area contributed by atoms with E-state index in [1.807, 2.05) is 0 Å². The summed E-state index contributed by atoms with van der Waals surface area (Å²) in [5, 5.41) is 0. The first-order valence-corrected chi connectivity index (χ1v) is 5.56. The van der Waals surface area contributed by atoms with Crippen LogP contribution in [0, 0.1) is 11.8 Å². The van der Waals surface area contributed by atoms with Crippen LogP contribution in [0.4, 0.5) is 0 Å². The minimum atomic E-state index is 0.472. The molecular formula is C13H13ClO3. The van der Waals surface area contributed by atoms with E-state index in [0.29, 0.717) is 34.9 Å². The van der Waals surface area contributed by atoms with Gasteiger partial charge in [-0.05, 0) is 12.1 Å². The second-order valence-electron chi connectivity index (χ2n) is 3.16. The zero-order valence-corrected chi connectivity index (χ0v) is 10.5. The Morgan fingerprint density at radius 3 is 2.65 bits per heavy atom. The molecule has 0 saturated heterocycles. The molecule has 1 rings (SSSR count). The number of carbonyl (C=O) groups is 1. The molecule has 0 aliphatic rings. The van der Waals surface area contributed by atoms with E-state index in [2.05, 4.69) is 11.8 Å². The smallest absolute Gasteiger partial charge is 0.176 e. The van der Waals surface area contributed by atoms with Crippen LogP contribution in [0.15, 0.2) is 12.1 Å². The van der Waals surface area contributed by atoms with Crippen LogP contribution in [0.25, 0.3) is 0 Å². The van der Waals surface area contributed by atoms with Gasteiger partial charge in [0, 0.05) is 17.9 Å². The lowest BCUT2D eigenvalue weighted by Gasteiger charge is -2.10. The van der Waals surface area contributed by atoms with Crippen molar-refractivity contribution in [1.29, 1.82) is 0 Å². The standard InChI is InChI=1S/C13H13ClO3/c1-16-12-8-10(9-15)7-11(13(12)17-2)5-3-4-6-14/h7-9H,4,6H2,1-2H3. The van der Waals surface area contributed by atoms with Crippen LogP contribution in [0.3, 0.4) is 0 Å². The van der Waals surface area contributed by atoms with Gasteiger partial charge in [-0.2, -0.15) is 0 Å². The van der Waals surface area contributed by atoms with Gasteiger partial charge < -0.3 is 9.47 Å². The van der Waals surface area contributed by atoms with Crippen LogP contribution in [-0.4, -0.2) is 26.4 Å². The second kappa shape index (κ2) is 6.82. The molecule has 0 unspecified atom stereocenters. The highest BCUT2D eigenvalue weighted by atomic mass is 35.5. The molecule has 0 fully saturated rings. The van der Waals surface area contributed by atoms with Gasteiger partial charge in [0.15, 0.2) is 11.5 Å². The monoisotopic (exact) mass is 252 g/mol. The summed E-state index contributed by atoms with van der Waals surface area (Å²) in [5.74, 6) is 7.30. The first-order chi connectivity index (χ1) is 8.26. The van der Waals surface area contributed by atoms with E-state index < -0.39 is 0 Å². The molecule has 17 heavy (non-hydrogen) atoms. The fourth-order valence-electron chi connectivity index (χ4n) is 1.35. The number of ether oxygens (including phenoxy) is 2. The summed E-state index contributed by atoms with van der Waals surface area (Å²) in [6.45, 7) is 0. The van der Waals surface area contributed by atoms with Crippen LogP contribution >= 0.6 is 11.6 Å². The van der Waals surface area contributed by atoms with Gasteiger partial charge in [0.2, 0.25) is 0 Å². The van der Waals surface area contributed by atoms with Gasteiger partial charge in [-0.1, -0.05) is 11.8 Å². The number of hydrogen-bond donors (Lipinski definition) is 0. The Kier molecular flexibility index (Phi) is 5.38. The third-order valence-corrected chi connectivity index (χ3v) is 2.27. The summed E-state index contributed by atoms with van der Waals surface area (Å²) in [4.78, 5) is 10.8. The molecule has 1 aromatic carbocycles. The number of halogens is 1. The lowest BCUT2D eigenvalue weighted by Crippen LogP contribution is -1.96. The maximum atomic E-state index is 10.8. The third-order valence-electron chi connectivity index (χ3n) is 2.08. The fourth-order valence-corrected chi connectivity index (χ4v) is 1.45. The molecule has 4 heteroatoms. The summed E-state index contributed by atoms with van der Waals surface area (Å²) in [6, 6.07) is 3.27. The predicted molar refractivity (Wildman–Crippen MR) is 67.1 cm³/mol. The Bertz CT molecular complexity index is 458. The molecule has 0 radical (unpaired) electrons. The predicted octanol–water partition coefficient (Wildman–Crippen LogP) is 2.50. The van der Waals surface area contributed by atoms with Gasteiger partial charge in [0.1, 0.15) is 6.29 Å². The van der Waals surface area contributed by atoms with Crippen LogP contribution in [0.5, 0.6) is 11.5 Å².